The Balaban J connectivity index is 1.77. The summed E-state index contributed by atoms with van der Waals surface area (Å²) in [6.45, 7) is 6.99. The van der Waals surface area contributed by atoms with Crippen molar-refractivity contribution in [2.45, 2.75) is 45.6 Å². The highest BCUT2D eigenvalue weighted by atomic mass is 16.2. The zero-order chi connectivity index (χ0) is 16.4. The first-order chi connectivity index (χ1) is 11.0. The molecule has 1 spiro atoms. The average Bonchev–Trinajstić information content (AvgIpc) is 2.57. The molecule has 2 fully saturated rings. The summed E-state index contributed by atoms with van der Waals surface area (Å²) in [5.74, 6) is 1.23. The van der Waals surface area contributed by atoms with Crippen molar-refractivity contribution in [1.29, 1.82) is 5.26 Å². The molecule has 2 saturated heterocycles. The van der Waals surface area contributed by atoms with Crippen molar-refractivity contribution < 1.29 is 4.79 Å². The molecule has 5 heteroatoms. The summed E-state index contributed by atoms with van der Waals surface area (Å²) in [6, 6.07) is 6.14. The van der Waals surface area contributed by atoms with Crippen molar-refractivity contribution in [1.82, 2.24) is 9.88 Å². The standard InChI is InChI=1S/C18H24N4O/c1-14(2)22-13-18(8-6-17(22)23)7-3-9-21(12-18)16-5-4-15(10-19)11-20-16/h4-5,11,14H,3,6-9,12-13H2,1-2H3/t18-/m1/s1. The van der Waals surface area contributed by atoms with Gasteiger partial charge in [-0.05, 0) is 45.2 Å². The Kier molecular flexibility index (Phi) is 4.25. The van der Waals surface area contributed by atoms with Gasteiger partial charge in [0.1, 0.15) is 11.9 Å². The molecule has 3 rings (SSSR count). The third-order valence-corrected chi connectivity index (χ3v) is 5.18. The van der Waals surface area contributed by atoms with Crippen LogP contribution < -0.4 is 4.90 Å². The van der Waals surface area contributed by atoms with E-state index in [-0.39, 0.29) is 11.5 Å². The van der Waals surface area contributed by atoms with E-state index in [9.17, 15) is 4.79 Å². The van der Waals surface area contributed by atoms with E-state index in [1.165, 1.54) is 6.42 Å². The maximum atomic E-state index is 12.2. The number of pyridine rings is 1. The van der Waals surface area contributed by atoms with Gasteiger partial charge in [-0.1, -0.05) is 0 Å². The van der Waals surface area contributed by atoms with E-state index in [4.69, 9.17) is 5.26 Å². The molecule has 122 valence electrons. The normalized spacial score (nSPS) is 25.0. The van der Waals surface area contributed by atoms with Gasteiger partial charge in [0.2, 0.25) is 5.91 Å². The van der Waals surface area contributed by atoms with E-state index in [2.05, 4.69) is 29.8 Å². The molecule has 5 nitrogen and oxygen atoms in total. The van der Waals surface area contributed by atoms with Gasteiger partial charge in [0.15, 0.2) is 0 Å². The number of rotatable bonds is 2. The van der Waals surface area contributed by atoms with Gasteiger partial charge in [-0.15, -0.1) is 0 Å². The molecule has 0 N–H and O–H groups in total. The SMILES string of the molecule is CC(C)N1C[C@]2(CCCN(c3ccc(C#N)cn3)C2)CCC1=O. The largest absolute Gasteiger partial charge is 0.356 e. The van der Waals surface area contributed by atoms with E-state index in [0.29, 0.717) is 17.9 Å². The van der Waals surface area contributed by atoms with E-state index < -0.39 is 0 Å². The second kappa shape index (κ2) is 6.19. The van der Waals surface area contributed by atoms with Gasteiger partial charge in [-0.2, -0.15) is 5.26 Å². The molecular formula is C18H24N4O. The van der Waals surface area contributed by atoms with Crippen molar-refractivity contribution in [3.05, 3.63) is 23.9 Å². The summed E-state index contributed by atoms with van der Waals surface area (Å²) in [7, 11) is 0. The van der Waals surface area contributed by atoms with Crippen LogP contribution in [0.25, 0.3) is 0 Å². The minimum absolute atomic E-state index is 0.187. The number of aromatic nitrogens is 1. The maximum absolute atomic E-state index is 12.2. The number of nitrogens with zero attached hydrogens (tertiary/aromatic N) is 4. The summed E-state index contributed by atoms with van der Waals surface area (Å²) in [6.07, 6.45) is 5.58. The van der Waals surface area contributed by atoms with Crippen LogP contribution in [0.5, 0.6) is 0 Å². The molecular weight excluding hydrogens is 288 g/mol. The monoisotopic (exact) mass is 312 g/mol. The number of anilines is 1. The van der Waals surface area contributed by atoms with Crippen LogP contribution in [0.4, 0.5) is 5.82 Å². The third kappa shape index (κ3) is 3.17. The quantitative estimate of drug-likeness (QED) is 0.842. The summed E-state index contributed by atoms with van der Waals surface area (Å²) in [5, 5.41) is 8.90. The van der Waals surface area contributed by atoms with E-state index >= 15 is 0 Å². The fourth-order valence-corrected chi connectivity index (χ4v) is 3.89. The highest BCUT2D eigenvalue weighted by molar-refractivity contribution is 5.77. The highest BCUT2D eigenvalue weighted by Gasteiger charge is 2.42. The smallest absolute Gasteiger partial charge is 0.222 e. The van der Waals surface area contributed by atoms with Gasteiger partial charge >= 0.3 is 0 Å². The molecule has 1 aromatic rings. The molecule has 2 aliphatic heterocycles. The van der Waals surface area contributed by atoms with Crippen LogP contribution in [-0.2, 0) is 4.79 Å². The number of amides is 1. The van der Waals surface area contributed by atoms with Crippen LogP contribution in [0, 0.1) is 16.7 Å². The lowest BCUT2D eigenvalue weighted by Crippen LogP contribution is -2.55. The molecule has 1 amide bonds. The highest BCUT2D eigenvalue weighted by Crippen LogP contribution is 2.40. The second-order valence-corrected chi connectivity index (χ2v) is 7.16. The van der Waals surface area contributed by atoms with E-state index in [1.54, 1.807) is 6.20 Å². The Morgan fingerprint density at radius 2 is 2.13 bits per heavy atom. The summed E-state index contributed by atoms with van der Waals surface area (Å²) < 4.78 is 0. The molecule has 0 bridgehead atoms. The third-order valence-electron chi connectivity index (χ3n) is 5.18. The number of carbonyl (C=O) groups is 1. The lowest BCUT2D eigenvalue weighted by atomic mass is 9.73. The Morgan fingerprint density at radius 3 is 2.78 bits per heavy atom. The van der Waals surface area contributed by atoms with Crippen LogP contribution >= 0.6 is 0 Å². The Hall–Kier alpha value is -2.09. The molecule has 3 heterocycles. The number of piperidine rings is 2. The van der Waals surface area contributed by atoms with Crippen molar-refractivity contribution in [2.75, 3.05) is 24.5 Å². The second-order valence-electron chi connectivity index (χ2n) is 7.16. The zero-order valence-corrected chi connectivity index (χ0v) is 14.0. The summed E-state index contributed by atoms with van der Waals surface area (Å²) in [5.41, 5.74) is 0.779. The van der Waals surface area contributed by atoms with Gasteiger partial charge in [-0.3, -0.25) is 4.79 Å². The fourth-order valence-electron chi connectivity index (χ4n) is 3.89. The predicted octanol–water partition coefficient (Wildman–Crippen LogP) is 2.57. The van der Waals surface area contributed by atoms with Crippen molar-refractivity contribution in [3.8, 4) is 6.07 Å². The Morgan fingerprint density at radius 1 is 1.30 bits per heavy atom. The maximum Gasteiger partial charge on any atom is 0.222 e. The van der Waals surface area contributed by atoms with Gasteiger partial charge in [0, 0.05) is 43.7 Å². The first kappa shape index (κ1) is 15.8. The molecule has 1 atom stereocenters. The number of hydrogen-bond donors (Lipinski definition) is 0. The van der Waals surface area contributed by atoms with Gasteiger partial charge in [0.05, 0.1) is 5.56 Å². The number of carbonyl (C=O) groups excluding carboxylic acids is 1. The molecule has 23 heavy (non-hydrogen) atoms. The van der Waals surface area contributed by atoms with Gasteiger partial charge < -0.3 is 9.80 Å². The van der Waals surface area contributed by atoms with Crippen LogP contribution in [0.3, 0.4) is 0 Å². The molecule has 2 aliphatic rings. The Labute approximate surface area is 137 Å². The van der Waals surface area contributed by atoms with Crippen molar-refractivity contribution in [2.24, 2.45) is 5.41 Å². The molecule has 0 aliphatic carbocycles. The zero-order valence-electron chi connectivity index (χ0n) is 14.0. The summed E-state index contributed by atoms with van der Waals surface area (Å²) >= 11 is 0. The lowest BCUT2D eigenvalue weighted by Gasteiger charge is -2.49. The first-order valence-electron chi connectivity index (χ1n) is 8.44. The molecule has 0 radical (unpaired) electrons. The average molecular weight is 312 g/mol. The lowest BCUT2D eigenvalue weighted by molar-refractivity contribution is -0.140. The van der Waals surface area contributed by atoms with Crippen LogP contribution in [0.2, 0.25) is 0 Å². The van der Waals surface area contributed by atoms with Crippen LogP contribution in [-0.4, -0.2) is 41.5 Å². The topological polar surface area (TPSA) is 60.2 Å². The van der Waals surface area contributed by atoms with Crippen molar-refractivity contribution >= 4 is 11.7 Å². The van der Waals surface area contributed by atoms with Crippen molar-refractivity contribution in [3.63, 3.8) is 0 Å². The molecule has 0 saturated carbocycles. The van der Waals surface area contributed by atoms with E-state index in [1.807, 2.05) is 17.0 Å². The minimum atomic E-state index is 0.187. The van der Waals surface area contributed by atoms with Crippen LogP contribution in [0.1, 0.15) is 45.1 Å². The summed E-state index contributed by atoms with van der Waals surface area (Å²) in [4.78, 5) is 21.0. The van der Waals surface area contributed by atoms with Gasteiger partial charge in [-0.25, -0.2) is 4.98 Å². The molecule has 1 aromatic heterocycles. The van der Waals surface area contributed by atoms with Gasteiger partial charge in [0.25, 0.3) is 0 Å². The number of nitriles is 1. The fraction of sp³-hybridized carbons (Fsp3) is 0.611. The minimum Gasteiger partial charge on any atom is -0.356 e. The molecule has 0 unspecified atom stereocenters. The Bertz CT molecular complexity index is 619. The number of likely N-dealkylation sites (tertiary alicyclic amines) is 1. The van der Waals surface area contributed by atoms with E-state index in [0.717, 1.165) is 38.3 Å². The first-order valence-corrected chi connectivity index (χ1v) is 8.44. The predicted molar refractivity (Wildman–Crippen MR) is 88.9 cm³/mol. The molecule has 0 aromatic carbocycles. The number of hydrogen-bond acceptors (Lipinski definition) is 4. The van der Waals surface area contributed by atoms with Crippen LogP contribution in [0.15, 0.2) is 18.3 Å².